The Morgan fingerprint density at radius 1 is 1.27 bits per heavy atom. The number of hydrogen-bond acceptors (Lipinski definition) is 4. The number of piperidine rings is 1. The van der Waals surface area contributed by atoms with E-state index in [2.05, 4.69) is 10.5 Å². The van der Waals surface area contributed by atoms with Crippen molar-refractivity contribution in [2.24, 2.45) is 5.92 Å². The summed E-state index contributed by atoms with van der Waals surface area (Å²) in [5, 5.41) is 6.58. The molecule has 1 saturated heterocycles. The third-order valence-electron chi connectivity index (χ3n) is 4.96. The van der Waals surface area contributed by atoms with Crippen LogP contribution in [0.15, 0.2) is 40.9 Å². The molecule has 1 fully saturated rings. The highest BCUT2D eigenvalue weighted by atomic mass is 16.5. The largest absolute Gasteiger partial charge is 0.360 e. The monoisotopic (exact) mass is 355 g/mol. The van der Waals surface area contributed by atoms with E-state index in [1.165, 1.54) is 0 Å². The molecule has 2 heterocycles. The number of amides is 2. The van der Waals surface area contributed by atoms with Crippen LogP contribution in [0.3, 0.4) is 0 Å². The Morgan fingerprint density at radius 3 is 2.54 bits per heavy atom. The summed E-state index contributed by atoms with van der Waals surface area (Å²) in [6.45, 7) is 5.04. The van der Waals surface area contributed by atoms with Crippen molar-refractivity contribution >= 4 is 17.6 Å². The summed E-state index contributed by atoms with van der Waals surface area (Å²) in [5.74, 6) is 0.992. The molecule has 1 aromatic carbocycles. The van der Waals surface area contributed by atoms with Crippen LogP contribution in [0.4, 0.5) is 5.82 Å². The molecule has 2 aromatic rings. The predicted octanol–water partition coefficient (Wildman–Crippen LogP) is 3.35. The molecule has 1 aliphatic rings. The molecule has 6 nitrogen and oxygen atoms in total. The summed E-state index contributed by atoms with van der Waals surface area (Å²) in [6, 6.07) is 11.6. The predicted molar refractivity (Wildman–Crippen MR) is 98.6 cm³/mol. The highest BCUT2D eigenvalue weighted by molar-refractivity contribution is 5.92. The zero-order valence-corrected chi connectivity index (χ0v) is 15.3. The molecule has 0 spiro atoms. The second-order valence-electron chi connectivity index (χ2n) is 6.78. The van der Waals surface area contributed by atoms with Crippen molar-refractivity contribution in [1.82, 2.24) is 10.1 Å². The van der Waals surface area contributed by atoms with Crippen LogP contribution in [0.5, 0.6) is 0 Å². The number of likely N-dealkylation sites (tertiary alicyclic amines) is 1. The standard InChI is InChI=1S/C20H25N3O3/c1-3-17(15-7-5-4-6-8-15)20(25)23-11-9-16(10-12-23)19(24)21-18-13-14(2)26-22-18/h4-8,13,16-17H,3,9-12H2,1-2H3,(H,21,22,24). The van der Waals surface area contributed by atoms with E-state index in [4.69, 9.17) is 4.52 Å². The summed E-state index contributed by atoms with van der Waals surface area (Å²) in [5.41, 5.74) is 1.06. The maximum atomic E-state index is 12.9. The number of aryl methyl sites for hydroxylation is 1. The van der Waals surface area contributed by atoms with E-state index >= 15 is 0 Å². The molecule has 1 aromatic heterocycles. The minimum atomic E-state index is -0.111. The number of rotatable bonds is 5. The Hall–Kier alpha value is -2.63. The molecule has 1 N–H and O–H groups in total. The molecule has 0 aliphatic carbocycles. The number of anilines is 1. The van der Waals surface area contributed by atoms with Crippen LogP contribution in [-0.4, -0.2) is 35.0 Å². The molecule has 0 saturated carbocycles. The first-order chi connectivity index (χ1) is 12.6. The normalized spacial score (nSPS) is 16.3. The number of carbonyl (C=O) groups excluding carboxylic acids is 2. The molecule has 1 atom stereocenters. The number of carbonyl (C=O) groups is 2. The fraction of sp³-hybridized carbons (Fsp3) is 0.450. The van der Waals surface area contributed by atoms with Gasteiger partial charge in [-0.2, -0.15) is 0 Å². The first-order valence-electron chi connectivity index (χ1n) is 9.16. The molecule has 1 aliphatic heterocycles. The summed E-state index contributed by atoms with van der Waals surface area (Å²) in [4.78, 5) is 27.2. The third-order valence-corrected chi connectivity index (χ3v) is 4.96. The van der Waals surface area contributed by atoms with E-state index in [1.807, 2.05) is 42.2 Å². The van der Waals surface area contributed by atoms with E-state index in [1.54, 1.807) is 13.0 Å². The molecule has 0 bridgehead atoms. The smallest absolute Gasteiger partial charge is 0.230 e. The van der Waals surface area contributed by atoms with E-state index in [-0.39, 0.29) is 23.7 Å². The van der Waals surface area contributed by atoms with Gasteiger partial charge < -0.3 is 14.7 Å². The van der Waals surface area contributed by atoms with Gasteiger partial charge >= 0.3 is 0 Å². The topological polar surface area (TPSA) is 75.4 Å². The van der Waals surface area contributed by atoms with Crippen molar-refractivity contribution in [1.29, 1.82) is 0 Å². The van der Waals surface area contributed by atoms with Crippen LogP contribution in [0.2, 0.25) is 0 Å². The average molecular weight is 355 g/mol. The summed E-state index contributed by atoms with van der Waals surface area (Å²) in [6.07, 6.45) is 2.11. The molecule has 26 heavy (non-hydrogen) atoms. The summed E-state index contributed by atoms with van der Waals surface area (Å²) in [7, 11) is 0. The number of benzene rings is 1. The van der Waals surface area contributed by atoms with Gasteiger partial charge in [0.25, 0.3) is 0 Å². The molecular formula is C20H25N3O3. The zero-order valence-electron chi connectivity index (χ0n) is 15.3. The molecule has 0 radical (unpaired) electrons. The Bertz CT molecular complexity index is 749. The van der Waals surface area contributed by atoms with Gasteiger partial charge in [0, 0.05) is 25.1 Å². The second kappa shape index (κ2) is 8.17. The zero-order chi connectivity index (χ0) is 18.5. The van der Waals surface area contributed by atoms with Crippen LogP contribution in [-0.2, 0) is 9.59 Å². The summed E-state index contributed by atoms with van der Waals surface area (Å²) < 4.78 is 4.96. The maximum Gasteiger partial charge on any atom is 0.230 e. The summed E-state index contributed by atoms with van der Waals surface area (Å²) >= 11 is 0. The van der Waals surface area contributed by atoms with Crippen LogP contribution in [0.1, 0.15) is 43.4 Å². The lowest BCUT2D eigenvalue weighted by atomic mass is 9.91. The van der Waals surface area contributed by atoms with Gasteiger partial charge in [-0.15, -0.1) is 0 Å². The lowest BCUT2D eigenvalue weighted by Crippen LogP contribution is -2.43. The van der Waals surface area contributed by atoms with Crippen molar-refractivity contribution in [3.63, 3.8) is 0 Å². The van der Waals surface area contributed by atoms with E-state index in [0.29, 0.717) is 37.5 Å². The lowest BCUT2D eigenvalue weighted by molar-refractivity contribution is -0.136. The van der Waals surface area contributed by atoms with Crippen LogP contribution in [0, 0.1) is 12.8 Å². The fourth-order valence-electron chi connectivity index (χ4n) is 3.47. The number of hydrogen-bond donors (Lipinski definition) is 1. The minimum absolute atomic E-state index is 0.0551. The molecular weight excluding hydrogens is 330 g/mol. The van der Waals surface area contributed by atoms with Gasteiger partial charge in [-0.3, -0.25) is 9.59 Å². The van der Waals surface area contributed by atoms with E-state index < -0.39 is 0 Å². The molecule has 2 amide bonds. The minimum Gasteiger partial charge on any atom is -0.360 e. The van der Waals surface area contributed by atoms with Gasteiger partial charge in [-0.05, 0) is 31.7 Å². The molecule has 6 heteroatoms. The number of nitrogens with zero attached hydrogens (tertiary/aromatic N) is 2. The van der Waals surface area contributed by atoms with Gasteiger partial charge in [0.15, 0.2) is 5.82 Å². The molecule has 1 unspecified atom stereocenters. The first kappa shape index (κ1) is 18.2. The Morgan fingerprint density at radius 2 is 1.96 bits per heavy atom. The van der Waals surface area contributed by atoms with Gasteiger partial charge in [0.1, 0.15) is 5.76 Å². The average Bonchev–Trinajstić information content (AvgIpc) is 3.08. The Labute approximate surface area is 153 Å². The highest BCUT2D eigenvalue weighted by Gasteiger charge is 2.31. The number of nitrogens with one attached hydrogen (secondary N) is 1. The van der Waals surface area contributed by atoms with Crippen LogP contribution < -0.4 is 5.32 Å². The van der Waals surface area contributed by atoms with Gasteiger partial charge in [-0.25, -0.2) is 0 Å². The fourth-order valence-corrected chi connectivity index (χ4v) is 3.47. The van der Waals surface area contributed by atoms with Crippen LogP contribution >= 0.6 is 0 Å². The van der Waals surface area contributed by atoms with E-state index in [0.717, 1.165) is 12.0 Å². The third kappa shape index (κ3) is 4.12. The number of aromatic nitrogens is 1. The Kier molecular flexibility index (Phi) is 5.71. The second-order valence-corrected chi connectivity index (χ2v) is 6.78. The van der Waals surface area contributed by atoms with Crippen molar-refractivity contribution in [3.05, 3.63) is 47.7 Å². The first-order valence-corrected chi connectivity index (χ1v) is 9.16. The van der Waals surface area contributed by atoms with Crippen LogP contribution in [0.25, 0.3) is 0 Å². The van der Waals surface area contributed by atoms with Crippen molar-refractivity contribution < 1.29 is 14.1 Å². The van der Waals surface area contributed by atoms with E-state index in [9.17, 15) is 9.59 Å². The van der Waals surface area contributed by atoms with Crippen molar-refractivity contribution in [2.75, 3.05) is 18.4 Å². The lowest BCUT2D eigenvalue weighted by Gasteiger charge is -2.33. The highest BCUT2D eigenvalue weighted by Crippen LogP contribution is 2.26. The quantitative estimate of drug-likeness (QED) is 0.892. The van der Waals surface area contributed by atoms with Gasteiger partial charge in [0.05, 0.1) is 5.92 Å². The van der Waals surface area contributed by atoms with Crippen molar-refractivity contribution in [2.45, 2.75) is 39.0 Å². The Balaban J connectivity index is 1.55. The molecule has 138 valence electrons. The maximum absolute atomic E-state index is 12.9. The SMILES string of the molecule is CCC(C(=O)N1CCC(C(=O)Nc2cc(C)on2)CC1)c1ccccc1. The van der Waals surface area contributed by atoms with Gasteiger partial charge in [-0.1, -0.05) is 42.4 Å². The molecule has 3 rings (SSSR count). The van der Waals surface area contributed by atoms with Crippen molar-refractivity contribution in [3.8, 4) is 0 Å². The van der Waals surface area contributed by atoms with Gasteiger partial charge in [0.2, 0.25) is 11.8 Å².